The molecule has 104 valence electrons. The lowest BCUT2D eigenvalue weighted by Crippen LogP contribution is -2.39. The molecule has 19 heavy (non-hydrogen) atoms. The predicted octanol–water partition coefficient (Wildman–Crippen LogP) is 2.38. The van der Waals surface area contributed by atoms with E-state index >= 15 is 0 Å². The Morgan fingerprint density at radius 2 is 2.00 bits per heavy atom. The fraction of sp³-hybridized carbons (Fsp3) is 0.500. The summed E-state index contributed by atoms with van der Waals surface area (Å²) in [5.41, 5.74) is 2.32. The number of anilines is 1. The highest BCUT2D eigenvalue weighted by atomic mass is 32.2. The fourth-order valence-corrected chi connectivity index (χ4v) is 3.65. The number of hydrogen-bond acceptors (Lipinski definition) is 3. The summed E-state index contributed by atoms with van der Waals surface area (Å²) >= 11 is 0. The molecule has 0 amide bonds. The van der Waals surface area contributed by atoms with Gasteiger partial charge in [0.2, 0.25) is 10.0 Å². The van der Waals surface area contributed by atoms with Crippen molar-refractivity contribution in [1.82, 2.24) is 0 Å². The van der Waals surface area contributed by atoms with Gasteiger partial charge >= 0.3 is 0 Å². The standard InChI is InChI=1S/C14H19NO3S/c1-10(2)19(17,18)15-8-4-5-13-9-12(11(3)16)6-7-14(13)15/h6-7,9-10H,4-5,8H2,1-3H3. The maximum Gasteiger partial charge on any atom is 0.237 e. The molecule has 1 aliphatic rings. The molecule has 1 aliphatic heterocycles. The first kappa shape index (κ1) is 14.1. The summed E-state index contributed by atoms with van der Waals surface area (Å²) in [7, 11) is -3.30. The van der Waals surface area contributed by atoms with Gasteiger partial charge in [0, 0.05) is 12.1 Å². The van der Waals surface area contributed by atoms with Crippen molar-refractivity contribution < 1.29 is 13.2 Å². The van der Waals surface area contributed by atoms with Gasteiger partial charge in [-0.3, -0.25) is 9.10 Å². The van der Waals surface area contributed by atoms with E-state index in [0.717, 1.165) is 24.1 Å². The third-order valence-corrected chi connectivity index (χ3v) is 5.65. The van der Waals surface area contributed by atoms with Crippen LogP contribution in [-0.2, 0) is 16.4 Å². The van der Waals surface area contributed by atoms with Gasteiger partial charge in [0.1, 0.15) is 0 Å². The Kier molecular flexibility index (Phi) is 3.67. The van der Waals surface area contributed by atoms with Crippen LogP contribution in [0.1, 0.15) is 43.1 Å². The smallest absolute Gasteiger partial charge is 0.237 e. The molecule has 0 N–H and O–H groups in total. The van der Waals surface area contributed by atoms with Gasteiger partial charge in [0.15, 0.2) is 5.78 Å². The van der Waals surface area contributed by atoms with Crippen LogP contribution in [0.3, 0.4) is 0 Å². The van der Waals surface area contributed by atoms with E-state index in [9.17, 15) is 13.2 Å². The van der Waals surface area contributed by atoms with E-state index in [2.05, 4.69) is 0 Å². The van der Waals surface area contributed by atoms with E-state index < -0.39 is 15.3 Å². The lowest BCUT2D eigenvalue weighted by atomic mass is 9.99. The molecule has 0 spiro atoms. The molecule has 0 aliphatic carbocycles. The number of carbonyl (C=O) groups excluding carboxylic acids is 1. The minimum Gasteiger partial charge on any atom is -0.295 e. The lowest BCUT2D eigenvalue weighted by molar-refractivity contribution is 0.101. The molecule has 2 rings (SSSR count). The number of rotatable bonds is 3. The average Bonchev–Trinajstić information content (AvgIpc) is 2.36. The molecule has 0 saturated heterocycles. The lowest BCUT2D eigenvalue weighted by Gasteiger charge is -2.32. The highest BCUT2D eigenvalue weighted by Gasteiger charge is 2.30. The molecule has 0 fully saturated rings. The van der Waals surface area contributed by atoms with Gasteiger partial charge in [0.25, 0.3) is 0 Å². The Labute approximate surface area is 114 Å². The zero-order valence-corrected chi connectivity index (χ0v) is 12.3. The number of hydrogen-bond donors (Lipinski definition) is 0. The molecule has 1 heterocycles. The highest BCUT2D eigenvalue weighted by molar-refractivity contribution is 7.93. The second-order valence-electron chi connectivity index (χ2n) is 5.17. The predicted molar refractivity (Wildman–Crippen MR) is 76.2 cm³/mol. The Morgan fingerprint density at radius 1 is 1.32 bits per heavy atom. The molecular formula is C14H19NO3S. The van der Waals surface area contributed by atoms with E-state index in [1.54, 1.807) is 26.0 Å². The van der Waals surface area contributed by atoms with Crippen LogP contribution in [0, 0.1) is 0 Å². The SMILES string of the molecule is CC(=O)c1ccc2c(c1)CCCN2S(=O)(=O)C(C)C. The minimum absolute atomic E-state index is 0.00615. The topological polar surface area (TPSA) is 54.5 Å². The quantitative estimate of drug-likeness (QED) is 0.799. The summed E-state index contributed by atoms with van der Waals surface area (Å²) in [6.45, 7) is 5.42. The highest BCUT2D eigenvalue weighted by Crippen LogP contribution is 2.31. The number of aryl methyl sites for hydroxylation is 1. The van der Waals surface area contributed by atoms with Gasteiger partial charge in [-0.25, -0.2) is 8.42 Å². The maximum absolute atomic E-state index is 12.3. The van der Waals surface area contributed by atoms with Crippen LogP contribution in [0.2, 0.25) is 0 Å². The molecule has 0 atom stereocenters. The number of benzene rings is 1. The number of fused-ring (bicyclic) bond motifs is 1. The Balaban J connectivity index is 2.49. The first-order valence-electron chi connectivity index (χ1n) is 6.49. The Bertz CT molecular complexity index is 605. The minimum atomic E-state index is -3.30. The summed E-state index contributed by atoms with van der Waals surface area (Å²) in [5, 5.41) is -0.439. The van der Waals surface area contributed by atoms with Crippen LogP contribution >= 0.6 is 0 Å². The van der Waals surface area contributed by atoms with Gasteiger partial charge in [-0.05, 0) is 57.4 Å². The van der Waals surface area contributed by atoms with E-state index in [-0.39, 0.29) is 5.78 Å². The second kappa shape index (κ2) is 4.96. The van der Waals surface area contributed by atoms with Gasteiger partial charge in [-0.1, -0.05) is 0 Å². The molecular weight excluding hydrogens is 262 g/mol. The second-order valence-corrected chi connectivity index (χ2v) is 7.58. The van der Waals surface area contributed by atoms with Crippen molar-refractivity contribution in [2.24, 2.45) is 0 Å². The van der Waals surface area contributed by atoms with Crippen molar-refractivity contribution in [2.75, 3.05) is 10.8 Å². The van der Waals surface area contributed by atoms with Crippen LogP contribution in [-0.4, -0.2) is 26.0 Å². The van der Waals surface area contributed by atoms with E-state index in [4.69, 9.17) is 0 Å². The zero-order valence-electron chi connectivity index (χ0n) is 11.5. The molecule has 0 saturated carbocycles. The molecule has 0 aromatic heterocycles. The van der Waals surface area contributed by atoms with E-state index in [0.29, 0.717) is 12.1 Å². The third-order valence-electron chi connectivity index (χ3n) is 3.46. The van der Waals surface area contributed by atoms with Crippen molar-refractivity contribution in [3.05, 3.63) is 29.3 Å². The van der Waals surface area contributed by atoms with Crippen molar-refractivity contribution in [3.8, 4) is 0 Å². The molecule has 0 radical (unpaired) electrons. The normalized spacial score (nSPS) is 15.5. The van der Waals surface area contributed by atoms with Gasteiger partial charge < -0.3 is 0 Å². The number of carbonyl (C=O) groups is 1. The average molecular weight is 281 g/mol. The molecule has 4 nitrogen and oxygen atoms in total. The monoisotopic (exact) mass is 281 g/mol. The largest absolute Gasteiger partial charge is 0.295 e. The van der Waals surface area contributed by atoms with Crippen LogP contribution < -0.4 is 4.31 Å². The molecule has 0 bridgehead atoms. The van der Waals surface area contributed by atoms with Crippen LogP contribution in [0.25, 0.3) is 0 Å². The first-order chi connectivity index (χ1) is 8.84. The molecule has 0 unspecified atom stereocenters. The number of nitrogens with zero attached hydrogens (tertiary/aromatic N) is 1. The number of ketones is 1. The summed E-state index contributed by atoms with van der Waals surface area (Å²) in [6.07, 6.45) is 1.61. The third kappa shape index (κ3) is 2.52. The van der Waals surface area contributed by atoms with Crippen LogP contribution in [0.15, 0.2) is 18.2 Å². The first-order valence-corrected chi connectivity index (χ1v) is 8.00. The Hall–Kier alpha value is -1.36. The summed E-state index contributed by atoms with van der Waals surface area (Å²) in [6, 6.07) is 5.28. The number of sulfonamides is 1. The zero-order chi connectivity index (χ0) is 14.2. The Morgan fingerprint density at radius 3 is 2.58 bits per heavy atom. The summed E-state index contributed by atoms with van der Waals surface area (Å²) in [4.78, 5) is 11.4. The van der Waals surface area contributed by atoms with Gasteiger partial charge in [0.05, 0.1) is 10.9 Å². The van der Waals surface area contributed by atoms with Crippen molar-refractivity contribution >= 4 is 21.5 Å². The van der Waals surface area contributed by atoms with Gasteiger partial charge in [-0.2, -0.15) is 0 Å². The van der Waals surface area contributed by atoms with E-state index in [1.165, 1.54) is 11.2 Å². The van der Waals surface area contributed by atoms with Crippen molar-refractivity contribution in [2.45, 2.75) is 38.9 Å². The van der Waals surface area contributed by atoms with Gasteiger partial charge in [-0.15, -0.1) is 0 Å². The maximum atomic E-state index is 12.3. The van der Waals surface area contributed by atoms with Crippen molar-refractivity contribution in [3.63, 3.8) is 0 Å². The summed E-state index contributed by atoms with van der Waals surface area (Å²) < 4.78 is 26.1. The number of Topliss-reactive ketones (excluding diaryl/α,β-unsaturated/α-hetero) is 1. The molecule has 1 aromatic carbocycles. The van der Waals surface area contributed by atoms with Crippen LogP contribution in [0.4, 0.5) is 5.69 Å². The van der Waals surface area contributed by atoms with E-state index in [1.807, 2.05) is 6.07 Å². The van der Waals surface area contributed by atoms with Crippen LogP contribution in [0.5, 0.6) is 0 Å². The van der Waals surface area contributed by atoms with Crippen molar-refractivity contribution in [1.29, 1.82) is 0 Å². The fourth-order valence-electron chi connectivity index (χ4n) is 2.30. The molecule has 5 heteroatoms. The summed E-state index contributed by atoms with van der Waals surface area (Å²) in [5.74, 6) is 0.00615. The molecule has 1 aromatic rings.